The van der Waals surface area contributed by atoms with Gasteiger partial charge in [0.05, 0.1) is 11.4 Å². The Labute approximate surface area is 96.6 Å². The van der Waals surface area contributed by atoms with Crippen molar-refractivity contribution in [3.63, 3.8) is 0 Å². The number of thiophene rings is 2. The van der Waals surface area contributed by atoms with Gasteiger partial charge in [0.1, 0.15) is 0 Å². The molecule has 0 radical (unpaired) electrons. The fourth-order valence-electron chi connectivity index (χ4n) is 1.27. The minimum atomic E-state index is 0.0240. The molecular weight excluding hydrogens is 226 g/mol. The van der Waals surface area contributed by atoms with E-state index in [2.05, 4.69) is 5.32 Å². The van der Waals surface area contributed by atoms with Gasteiger partial charge in [-0.1, -0.05) is 6.07 Å². The molecule has 0 aliphatic rings. The second-order valence-corrected chi connectivity index (χ2v) is 5.14. The molecule has 0 unspecified atom stereocenters. The summed E-state index contributed by atoms with van der Waals surface area (Å²) in [5, 5.41) is 6.86. The van der Waals surface area contributed by atoms with Gasteiger partial charge in [0, 0.05) is 4.88 Å². The van der Waals surface area contributed by atoms with Crippen LogP contribution in [-0.4, -0.2) is 5.91 Å². The maximum Gasteiger partial charge on any atom is 0.261 e. The quantitative estimate of drug-likeness (QED) is 0.873. The molecule has 2 rings (SSSR count). The van der Waals surface area contributed by atoms with Crippen LogP contribution in [0.4, 0.5) is 0 Å². The van der Waals surface area contributed by atoms with E-state index >= 15 is 0 Å². The molecule has 0 aliphatic carbocycles. The molecule has 0 spiro atoms. The van der Waals surface area contributed by atoms with Crippen molar-refractivity contribution in [2.75, 3.05) is 0 Å². The first-order valence-corrected chi connectivity index (χ1v) is 6.38. The van der Waals surface area contributed by atoms with E-state index in [4.69, 9.17) is 0 Å². The minimum absolute atomic E-state index is 0.0240. The van der Waals surface area contributed by atoms with Crippen LogP contribution in [-0.2, 0) is 6.54 Å². The monoisotopic (exact) mass is 237 g/mol. The highest BCUT2D eigenvalue weighted by atomic mass is 32.1. The number of carbonyl (C=O) groups excluding carboxylic acids is 1. The van der Waals surface area contributed by atoms with Crippen molar-refractivity contribution in [3.8, 4) is 0 Å². The van der Waals surface area contributed by atoms with Crippen molar-refractivity contribution in [2.45, 2.75) is 13.5 Å². The zero-order valence-electron chi connectivity index (χ0n) is 8.32. The summed E-state index contributed by atoms with van der Waals surface area (Å²) in [4.78, 5) is 13.7. The molecule has 0 aromatic carbocycles. The third-order valence-electron chi connectivity index (χ3n) is 2.07. The Morgan fingerprint density at radius 3 is 2.80 bits per heavy atom. The Balaban J connectivity index is 1.96. The largest absolute Gasteiger partial charge is 0.346 e. The van der Waals surface area contributed by atoms with Crippen molar-refractivity contribution in [1.29, 1.82) is 0 Å². The number of carbonyl (C=O) groups is 1. The first-order chi connectivity index (χ1) is 7.27. The Bertz CT molecular complexity index is 445. The second kappa shape index (κ2) is 4.59. The third-order valence-corrected chi connectivity index (χ3v) is 3.96. The lowest BCUT2D eigenvalue weighted by molar-refractivity contribution is 0.0955. The van der Waals surface area contributed by atoms with Gasteiger partial charge in [-0.05, 0) is 35.4 Å². The Hall–Kier alpha value is -1.13. The standard InChI is InChI=1S/C11H11NOS2/c1-8-4-6-15-10(8)11(13)12-7-9-3-2-5-14-9/h2-6H,7H2,1H3,(H,12,13). The van der Waals surface area contributed by atoms with Gasteiger partial charge in [-0.15, -0.1) is 22.7 Å². The predicted octanol–water partition coefficient (Wildman–Crippen LogP) is 3.05. The molecule has 0 saturated heterocycles. The van der Waals surface area contributed by atoms with E-state index < -0.39 is 0 Å². The molecule has 0 fully saturated rings. The summed E-state index contributed by atoms with van der Waals surface area (Å²) in [6.07, 6.45) is 0. The normalized spacial score (nSPS) is 10.2. The Morgan fingerprint density at radius 2 is 2.20 bits per heavy atom. The molecule has 4 heteroatoms. The van der Waals surface area contributed by atoms with E-state index in [0.29, 0.717) is 6.54 Å². The molecule has 0 bridgehead atoms. The summed E-state index contributed by atoms with van der Waals surface area (Å²) in [6, 6.07) is 5.97. The van der Waals surface area contributed by atoms with Gasteiger partial charge >= 0.3 is 0 Å². The van der Waals surface area contributed by atoms with E-state index in [0.717, 1.165) is 10.4 Å². The van der Waals surface area contributed by atoms with Gasteiger partial charge in [0.25, 0.3) is 5.91 Å². The number of nitrogens with one attached hydrogen (secondary N) is 1. The van der Waals surface area contributed by atoms with Gasteiger partial charge < -0.3 is 5.32 Å². The number of amides is 1. The summed E-state index contributed by atoms with van der Waals surface area (Å²) in [5.41, 5.74) is 1.05. The molecule has 2 aromatic rings. The number of hydrogen-bond acceptors (Lipinski definition) is 3. The Morgan fingerprint density at radius 1 is 1.33 bits per heavy atom. The van der Waals surface area contributed by atoms with Gasteiger partial charge in [-0.25, -0.2) is 0 Å². The van der Waals surface area contributed by atoms with Crippen LogP contribution in [0.15, 0.2) is 29.0 Å². The number of aryl methyl sites for hydroxylation is 1. The fourth-order valence-corrected chi connectivity index (χ4v) is 2.75. The van der Waals surface area contributed by atoms with Crippen LogP contribution in [0.1, 0.15) is 20.1 Å². The summed E-state index contributed by atoms with van der Waals surface area (Å²) in [5.74, 6) is 0.0240. The van der Waals surface area contributed by atoms with E-state index in [1.54, 1.807) is 11.3 Å². The van der Waals surface area contributed by atoms with Crippen molar-refractivity contribution in [2.24, 2.45) is 0 Å². The van der Waals surface area contributed by atoms with Crippen molar-refractivity contribution < 1.29 is 4.79 Å². The van der Waals surface area contributed by atoms with Gasteiger partial charge in [-0.2, -0.15) is 0 Å². The molecule has 0 saturated carbocycles. The van der Waals surface area contributed by atoms with Crippen LogP contribution < -0.4 is 5.32 Å². The topological polar surface area (TPSA) is 29.1 Å². The fraction of sp³-hybridized carbons (Fsp3) is 0.182. The van der Waals surface area contributed by atoms with E-state index in [1.165, 1.54) is 16.2 Å². The molecule has 2 aromatic heterocycles. The molecule has 2 heterocycles. The smallest absolute Gasteiger partial charge is 0.261 e. The van der Waals surface area contributed by atoms with Crippen LogP contribution in [0, 0.1) is 6.92 Å². The lowest BCUT2D eigenvalue weighted by atomic mass is 10.3. The van der Waals surface area contributed by atoms with Crippen molar-refractivity contribution >= 4 is 28.6 Å². The zero-order valence-corrected chi connectivity index (χ0v) is 9.95. The van der Waals surface area contributed by atoms with Crippen LogP contribution in [0.25, 0.3) is 0 Å². The maximum absolute atomic E-state index is 11.7. The first-order valence-electron chi connectivity index (χ1n) is 4.62. The third kappa shape index (κ3) is 2.46. The van der Waals surface area contributed by atoms with Crippen LogP contribution in [0.5, 0.6) is 0 Å². The van der Waals surface area contributed by atoms with E-state index in [9.17, 15) is 4.79 Å². The first kappa shape index (κ1) is 10.4. The summed E-state index contributed by atoms with van der Waals surface area (Å²) in [7, 11) is 0. The van der Waals surface area contributed by atoms with Crippen LogP contribution in [0.3, 0.4) is 0 Å². The molecule has 1 N–H and O–H groups in total. The lowest BCUT2D eigenvalue weighted by Gasteiger charge is -2.02. The summed E-state index contributed by atoms with van der Waals surface area (Å²) >= 11 is 3.14. The molecule has 78 valence electrons. The van der Waals surface area contributed by atoms with Crippen molar-refractivity contribution in [3.05, 3.63) is 44.3 Å². The maximum atomic E-state index is 11.7. The Kier molecular flexibility index (Phi) is 3.18. The van der Waals surface area contributed by atoms with Gasteiger partial charge in [0.2, 0.25) is 0 Å². The molecule has 0 aliphatic heterocycles. The SMILES string of the molecule is Cc1ccsc1C(=O)NCc1cccs1. The second-order valence-electron chi connectivity index (χ2n) is 3.19. The van der Waals surface area contributed by atoms with E-state index in [1.807, 2.05) is 35.9 Å². The van der Waals surface area contributed by atoms with Gasteiger partial charge in [-0.3, -0.25) is 4.79 Å². The highest BCUT2D eigenvalue weighted by molar-refractivity contribution is 7.12. The van der Waals surface area contributed by atoms with Crippen molar-refractivity contribution in [1.82, 2.24) is 5.32 Å². The highest BCUT2D eigenvalue weighted by Crippen LogP contribution is 2.15. The van der Waals surface area contributed by atoms with Gasteiger partial charge in [0.15, 0.2) is 0 Å². The number of rotatable bonds is 3. The molecule has 1 amide bonds. The average Bonchev–Trinajstić information content (AvgIpc) is 2.84. The minimum Gasteiger partial charge on any atom is -0.346 e. The molecule has 15 heavy (non-hydrogen) atoms. The molecule has 0 atom stereocenters. The van der Waals surface area contributed by atoms with E-state index in [-0.39, 0.29) is 5.91 Å². The molecular formula is C11H11NOS2. The predicted molar refractivity (Wildman–Crippen MR) is 64.5 cm³/mol. The zero-order chi connectivity index (χ0) is 10.7. The average molecular weight is 237 g/mol. The lowest BCUT2D eigenvalue weighted by Crippen LogP contribution is -2.21. The highest BCUT2D eigenvalue weighted by Gasteiger charge is 2.09. The number of hydrogen-bond donors (Lipinski definition) is 1. The summed E-state index contributed by atoms with van der Waals surface area (Å²) in [6.45, 7) is 2.57. The van der Waals surface area contributed by atoms with Crippen LogP contribution >= 0.6 is 22.7 Å². The summed E-state index contributed by atoms with van der Waals surface area (Å²) < 4.78 is 0. The molecule has 2 nitrogen and oxygen atoms in total. The van der Waals surface area contributed by atoms with Crippen LogP contribution in [0.2, 0.25) is 0 Å².